The summed E-state index contributed by atoms with van der Waals surface area (Å²) in [5, 5.41) is 3.73. The number of aromatic nitrogens is 2. The molecule has 0 aliphatic carbocycles. The van der Waals surface area contributed by atoms with Crippen molar-refractivity contribution in [2.75, 3.05) is 18.5 Å². The number of aliphatic imine (C=N–C) groups is 1. The number of alkyl halides is 5. The number of guanidine groups is 1. The van der Waals surface area contributed by atoms with Crippen molar-refractivity contribution in [3.8, 4) is 5.75 Å². The minimum Gasteiger partial charge on any atom is -0.487 e. The number of hydrogen-bond donors (Lipinski definition) is 2. The Balaban J connectivity index is 1.81. The minimum absolute atomic E-state index is 0.0882. The van der Waals surface area contributed by atoms with Crippen molar-refractivity contribution in [3.05, 3.63) is 54.4 Å². The molecule has 0 saturated carbocycles. The average molecular weight is 483 g/mol. The lowest BCUT2D eigenvalue weighted by atomic mass is 10.1. The Morgan fingerprint density at radius 2 is 1.85 bits per heavy atom. The van der Waals surface area contributed by atoms with Gasteiger partial charge >= 0.3 is 12.1 Å². The molecule has 1 aromatic carbocycles. The van der Waals surface area contributed by atoms with Crippen LogP contribution in [0.3, 0.4) is 0 Å². The maximum atomic E-state index is 13.2. The summed E-state index contributed by atoms with van der Waals surface area (Å²) in [5.41, 5.74) is 7.39. The molecule has 0 bridgehead atoms. The minimum atomic E-state index is -5.68. The largest absolute Gasteiger partial charge is 0.487 e. The number of nitrogens with two attached hydrogens (primary N) is 1. The van der Waals surface area contributed by atoms with Crippen molar-refractivity contribution >= 4 is 22.7 Å². The number of ether oxygens (including phenoxy) is 1. The van der Waals surface area contributed by atoms with Crippen molar-refractivity contribution in [2.45, 2.75) is 38.9 Å². The standard InChI is InChI=1S/C23H26F5N5O/c1-14(2)12-31-21(29)32-20-10-17(6-8-30-20)15(3)33-9-7-16-4-5-18(11-19(16)33)34-13-22(24,25)23(26,27)28/h4-11,14-15H,12-13H2,1-3H3,(H3,29,30,31,32). The van der Waals surface area contributed by atoms with Crippen molar-refractivity contribution in [1.82, 2.24) is 9.55 Å². The SMILES string of the molecule is CC(C)CN=C(N)Nc1cc(C(C)n2ccc3ccc(OCC(F)(F)C(F)(F)F)cc32)ccn1. The topological polar surface area (TPSA) is 77.5 Å². The van der Waals surface area contributed by atoms with Crippen LogP contribution in [-0.2, 0) is 0 Å². The fourth-order valence-corrected chi connectivity index (χ4v) is 3.20. The zero-order valence-electron chi connectivity index (χ0n) is 18.9. The molecule has 0 aliphatic rings. The fourth-order valence-electron chi connectivity index (χ4n) is 3.20. The van der Waals surface area contributed by atoms with Gasteiger partial charge < -0.3 is 20.4 Å². The average Bonchev–Trinajstić information content (AvgIpc) is 3.18. The zero-order chi connectivity index (χ0) is 25.1. The van der Waals surface area contributed by atoms with Crippen LogP contribution in [0.2, 0.25) is 0 Å². The highest BCUT2D eigenvalue weighted by molar-refractivity contribution is 5.91. The van der Waals surface area contributed by atoms with Gasteiger partial charge in [-0.05, 0) is 54.1 Å². The number of halogens is 5. The first-order valence-corrected chi connectivity index (χ1v) is 10.6. The van der Waals surface area contributed by atoms with Crippen LogP contribution in [0.1, 0.15) is 32.4 Å². The van der Waals surface area contributed by atoms with Gasteiger partial charge in [-0.25, -0.2) is 4.98 Å². The van der Waals surface area contributed by atoms with Crippen LogP contribution in [0, 0.1) is 5.92 Å². The number of pyridine rings is 1. The van der Waals surface area contributed by atoms with Crippen LogP contribution in [0.4, 0.5) is 27.8 Å². The van der Waals surface area contributed by atoms with Crippen molar-refractivity contribution in [3.63, 3.8) is 0 Å². The molecule has 2 heterocycles. The maximum Gasteiger partial charge on any atom is 0.456 e. The third-order valence-electron chi connectivity index (χ3n) is 5.10. The van der Waals surface area contributed by atoms with Crippen LogP contribution >= 0.6 is 0 Å². The van der Waals surface area contributed by atoms with Crippen LogP contribution in [-0.4, -0.2) is 40.8 Å². The van der Waals surface area contributed by atoms with Crippen molar-refractivity contribution in [2.24, 2.45) is 16.6 Å². The Morgan fingerprint density at radius 3 is 2.53 bits per heavy atom. The second-order valence-corrected chi connectivity index (χ2v) is 8.33. The van der Waals surface area contributed by atoms with E-state index in [0.717, 1.165) is 10.9 Å². The molecule has 6 nitrogen and oxygen atoms in total. The maximum absolute atomic E-state index is 13.2. The third kappa shape index (κ3) is 5.95. The molecule has 184 valence electrons. The number of nitrogens with one attached hydrogen (secondary N) is 1. The molecule has 34 heavy (non-hydrogen) atoms. The quantitative estimate of drug-likeness (QED) is 0.248. The normalized spacial score (nSPS) is 14.0. The number of nitrogens with zero attached hydrogens (tertiary/aromatic N) is 3. The van der Waals surface area contributed by atoms with Crippen LogP contribution in [0.15, 0.2) is 53.8 Å². The number of fused-ring (bicyclic) bond motifs is 1. The van der Waals surface area contributed by atoms with Gasteiger partial charge in [-0.3, -0.25) is 4.99 Å². The molecule has 0 amide bonds. The summed E-state index contributed by atoms with van der Waals surface area (Å²) in [4.78, 5) is 8.49. The highest BCUT2D eigenvalue weighted by atomic mass is 19.4. The summed E-state index contributed by atoms with van der Waals surface area (Å²) in [6.45, 7) is 4.75. The molecular weight excluding hydrogens is 457 g/mol. The molecule has 2 aromatic heterocycles. The summed E-state index contributed by atoms with van der Waals surface area (Å²) < 4.78 is 70.4. The van der Waals surface area contributed by atoms with Gasteiger partial charge in [-0.15, -0.1) is 0 Å². The van der Waals surface area contributed by atoms with E-state index in [1.165, 1.54) is 12.1 Å². The molecule has 3 N–H and O–H groups in total. The van der Waals surface area contributed by atoms with E-state index in [1.54, 1.807) is 24.5 Å². The lowest BCUT2D eigenvalue weighted by Crippen LogP contribution is -2.41. The highest BCUT2D eigenvalue weighted by Crippen LogP contribution is 2.36. The van der Waals surface area contributed by atoms with Gasteiger partial charge in [-0.1, -0.05) is 13.8 Å². The molecular formula is C23H26F5N5O. The van der Waals surface area contributed by atoms with Crippen LogP contribution < -0.4 is 15.8 Å². The van der Waals surface area contributed by atoms with E-state index in [0.29, 0.717) is 23.8 Å². The Labute approximate surface area is 193 Å². The Hall–Kier alpha value is -3.37. The second kappa shape index (κ2) is 9.86. The summed E-state index contributed by atoms with van der Waals surface area (Å²) in [6, 6.07) is 9.61. The van der Waals surface area contributed by atoms with Gasteiger partial charge in [0.05, 0.1) is 11.6 Å². The van der Waals surface area contributed by atoms with E-state index in [1.807, 2.05) is 37.5 Å². The van der Waals surface area contributed by atoms with Gasteiger partial charge in [-0.2, -0.15) is 22.0 Å². The number of hydrogen-bond acceptors (Lipinski definition) is 3. The predicted octanol–water partition coefficient (Wildman–Crippen LogP) is 5.60. The van der Waals surface area contributed by atoms with Crippen LogP contribution in [0.25, 0.3) is 10.9 Å². The first-order valence-electron chi connectivity index (χ1n) is 10.6. The lowest BCUT2D eigenvalue weighted by molar-refractivity contribution is -0.290. The van der Waals surface area contributed by atoms with Gasteiger partial charge in [0, 0.05) is 25.0 Å². The van der Waals surface area contributed by atoms with Crippen molar-refractivity contribution in [1.29, 1.82) is 0 Å². The molecule has 0 fully saturated rings. The van der Waals surface area contributed by atoms with Gasteiger partial charge in [0.25, 0.3) is 0 Å². The summed E-state index contributed by atoms with van der Waals surface area (Å²) in [5.74, 6) is -3.93. The van der Waals surface area contributed by atoms with Gasteiger partial charge in [0.1, 0.15) is 11.6 Å². The Morgan fingerprint density at radius 1 is 1.12 bits per heavy atom. The van der Waals surface area contributed by atoms with E-state index in [4.69, 9.17) is 10.5 Å². The summed E-state index contributed by atoms with van der Waals surface area (Å²) in [7, 11) is 0. The molecule has 1 unspecified atom stereocenters. The first-order chi connectivity index (χ1) is 15.9. The molecule has 0 radical (unpaired) electrons. The fraction of sp³-hybridized carbons (Fsp3) is 0.391. The second-order valence-electron chi connectivity index (χ2n) is 8.33. The molecule has 3 aromatic rings. The molecule has 11 heteroatoms. The molecule has 0 saturated heterocycles. The summed E-state index contributed by atoms with van der Waals surface area (Å²) >= 11 is 0. The predicted molar refractivity (Wildman–Crippen MR) is 121 cm³/mol. The number of anilines is 1. The molecule has 0 aliphatic heterocycles. The van der Waals surface area contributed by atoms with E-state index in [-0.39, 0.29) is 17.8 Å². The van der Waals surface area contributed by atoms with Crippen LogP contribution in [0.5, 0.6) is 5.75 Å². The highest BCUT2D eigenvalue weighted by Gasteiger charge is 2.58. The zero-order valence-corrected chi connectivity index (χ0v) is 18.9. The lowest BCUT2D eigenvalue weighted by Gasteiger charge is -2.20. The molecule has 3 rings (SSSR count). The number of rotatable bonds is 8. The molecule has 0 spiro atoms. The van der Waals surface area contributed by atoms with E-state index in [2.05, 4.69) is 15.3 Å². The monoisotopic (exact) mass is 483 g/mol. The van der Waals surface area contributed by atoms with E-state index in [9.17, 15) is 22.0 Å². The summed E-state index contributed by atoms with van der Waals surface area (Å²) in [6.07, 6.45) is -2.26. The number of benzene rings is 1. The first kappa shape index (κ1) is 25.3. The third-order valence-corrected chi connectivity index (χ3v) is 5.10. The van der Waals surface area contributed by atoms with E-state index < -0.39 is 18.7 Å². The Bertz CT molecular complexity index is 1160. The van der Waals surface area contributed by atoms with Gasteiger partial charge in [0.15, 0.2) is 12.6 Å². The smallest absolute Gasteiger partial charge is 0.456 e. The van der Waals surface area contributed by atoms with E-state index >= 15 is 0 Å². The van der Waals surface area contributed by atoms with Gasteiger partial charge in [0.2, 0.25) is 0 Å². The van der Waals surface area contributed by atoms with Crippen molar-refractivity contribution < 1.29 is 26.7 Å². The molecule has 1 atom stereocenters. The Kier molecular flexibility index (Phi) is 7.32.